The number of hydrogen-bond donors (Lipinski definition) is 2. The minimum absolute atomic E-state index is 0.0281. The molecule has 2 heterocycles. The highest BCUT2D eigenvalue weighted by Crippen LogP contribution is 2.43. The molecular weight excluding hydrogens is 556 g/mol. The Kier molecular flexibility index (Phi) is 9.47. The van der Waals surface area contributed by atoms with Gasteiger partial charge >= 0.3 is 11.9 Å². The number of carbonyl (C=O) groups excluding carboxylic acids is 1. The van der Waals surface area contributed by atoms with Crippen LogP contribution >= 0.6 is 11.3 Å². The van der Waals surface area contributed by atoms with E-state index in [0.29, 0.717) is 29.1 Å². The number of carboxylic acid groups (broad SMARTS) is 2. The lowest BCUT2D eigenvalue weighted by molar-refractivity contribution is -0.145. The summed E-state index contributed by atoms with van der Waals surface area (Å²) in [5.41, 5.74) is 2.02. The van der Waals surface area contributed by atoms with E-state index < -0.39 is 17.4 Å². The minimum atomic E-state index is -1.32. The number of allylic oxidation sites excluding steroid dienone is 2. The van der Waals surface area contributed by atoms with Gasteiger partial charge in [0.2, 0.25) is 5.91 Å². The van der Waals surface area contributed by atoms with Crippen molar-refractivity contribution >= 4 is 34.8 Å². The van der Waals surface area contributed by atoms with Gasteiger partial charge in [-0.2, -0.15) is 0 Å². The highest BCUT2D eigenvalue weighted by Gasteiger charge is 2.37. The van der Waals surface area contributed by atoms with Gasteiger partial charge < -0.3 is 24.6 Å². The van der Waals surface area contributed by atoms with E-state index in [1.807, 2.05) is 17.2 Å². The van der Waals surface area contributed by atoms with Gasteiger partial charge in [0.15, 0.2) is 0 Å². The summed E-state index contributed by atoms with van der Waals surface area (Å²) in [6.07, 6.45) is 6.51. The third-order valence-electron chi connectivity index (χ3n) is 7.18. The first-order valence-electron chi connectivity index (χ1n) is 13.5. The Morgan fingerprint density at radius 2 is 1.79 bits per heavy atom. The quantitative estimate of drug-likeness (QED) is 0.335. The predicted molar refractivity (Wildman–Crippen MR) is 161 cm³/mol. The van der Waals surface area contributed by atoms with E-state index in [0.717, 1.165) is 30.1 Å². The first-order valence-corrected chi connectivity index (χ1v) is 14.3. The third kappa shape index (κ3) is 6.88. The van der Waals surface area contributed by atoms with Crippen molar-refractivity contribution in [1.29, 1.82) is 0 Å². The van der Waals surface area contributed by atoms with Crippen molar-refractivity contribution in [1.82, 2.24) is 9.88 Å². The van der Waals surface area contributed by atoms with Crippen LogP contribution in [0.1, 0.15) is 42.2 Å². The molecule has 0 bridgehead atoms. The van der Waals surface area contributed by atoms with E-state index in [1.165, 1.54) is 37.7 Å². The zero-order valence-corrected chi connectivity index (χ0v) is 24.9. The van der Waals surface area contributed by atoms with Gasteiger partial charge in [0.1, 0.15) is 16.5 Å². The second-order valence-electron chi connectivity index (χ2n) is 10.4. The molecule has 0 radical (unpaired) electrons. The molecular formula is C32H34N2O7S. The molecule has 5 rings (SSSR count). The Morgan fingerprint density at radius 1 is 1.10 bits per heavy atom. The van der Waals surface area contributed by atoms with Crippen LogP contribution in [0.4, 0.5) is 0 Å². The maximum Gasteiger partial charge on any atom is 0.331 e. The number of ether oxygens (including phenoxy) is 2. The summed E-state index contributed by atoms with van der Waals surface area (Å²) in [5.74, 6) is -0.999. The molecule has 1 fully saturated rings. The van der Waals surface area contributed by atoms with Crippen LogP contribution in [0.25, 0.3) is 16.1 Å². The third-order valence-corrected chi connectivity index (χ3v) is 8.14. The first kappa shape index (κ1) is 30.5. The Bertz CT molecular complexity index is 1540. The van der Waals surface area contributed by atoms with E-state index in [4.69, 9.17) is 9.47 Å². The zero-order chi connectivity index (χ0) is 30.4. The number of carboxylic acids is 2. The van der Waals surface area contributed by atoms with Gasteiger partial charge in [0.25, 0.3) is 0 Å². The second-order valence-corrected chi connectivity index (χ2v) is 11.6. The standard InChI is InChI=1S/C17H18O6.C15H16N2OS/c1-17(16(20)21)8-10(7-11(9-17)15(18)19)14-12(22-2)5-4-6-13(14)23-3;1-11-9-16-15(19-11)13-5-2-4-12(8-13)10-17-7-3-6-14(17)18/h4-8H,9H2,1-3H3,(H,18,19)(H,20,21);2,4-5,8-9H,3,6-7,10H2,1H3. The van der Waals surface area contributed by atoms with E-state index in [9.17, 15) is 24.6 Å². The van der Waals surface area contributed by atoms with Crippen LogP contribution in [0, 0.1) is 12.3 Å². The summed E-state index contributed by atoms with van der Waals surface area (Å²) < 4.78 is 10.6. The lowest BCUT2D eigenvalue weighted by Gasteiger charge is -2.27. The number of likely N-dealkylation sites (tertiary alicyclic amines) is 1. The second kappa shape index (κ2) is 13.0. The number of benzene rings is 2. The van der Waals surface area contributed by atoms with Gasteiger partial charge in [-0.1, -0.05) is 30.3 Å². The number of aromatic nitrogens is 1. The molecule has 1 atom stereocenters. The fraction of sp³-hybridized carbons (Fsp3) is 0.312. The van der Waals surface area contributed by atoms with Crippen molar-refractivity contribution in [2.45, 2.75) is 39.7 Å². The number of nitrogens with zero attached hydrogens (tertiary/aromatic N) is 2. The van der Waals surface area contributed by atoms with Gasteiger partial charge in [-0.15, -0.1) is 11.3 Å². The summed E-state index contributed by atoms with van der Waals surface area (Å²) in [6.45, 7) is 5.16. The van der Waals surface area contributed by atoms with Gasteiger partial charge in [0.05, 0.1) is 25.2 Å². The molecule has 0 spiro atoms. The fourth-order valence-electron chi connectivity index (χ4n) is 5.01. The molecule has 1 amide bonds. The topological polar surface area (TPSA) is 126 Å². The monoisotopic (exact) mass is 590 g/mol. The Morgan fingerprint density at radius 3 is 2.33 bits per heavy atom. The van der Waals surface area contributed by atoms with Crippen LogP contribution in [0.2, 0.25) is 0 Å². The largest absolute Gasteiger partial charge is 0.496 e. The van der Waals surface area contributed by atoms with E-state index in [1.54, 1.807) is 35.6 Å². The van der Waals surface area contributed by atoms with Crippen molar-refractivity contribution in [2.75, 3.05) is 20.8 Å². The smallest absolute Gasteiger partial charge is 0.331 e. The van der Waals surface area contributed by atoms with Gasteiger partial charge in [-0.05, 0) is 62.1 Å². The fourth-order valence-corrected chi connectivity index (χ4v) is 5.77. The van der Waals surface area contributed by atoms with Crippen molar-refractivity contribution < 1.29 is 34.1 Å². The normalized spacial score (nSPS) is 18.0. The highest BCUT2D eigenvalue weighted by molar-refractivity contribution is 7.14. The average molecular weight is 591 g/mol. The maximum absolute atomic E-state index is 11.7. The van der Waals surface area contributed by atoms with E-state index in [-0.39, 0.29) is 17.9 Å². The SMILES string of the molecule is COc1cccc(OC)c1C1=CC(C)(C(=O)O)CC(C(=O)O)=C1.Cc1cnc(-c2cccc(CN3CCCC3=O)c2)s1. The molecule has 10 heteroatoms. The molecule has 0 saturated carbocycles. The van der Waals surface area contributed by atoms with Crippen LogP contribution in [-0.2, 0) is 20.9 Å². The molecule has 2 aromatic carbocycles. The predicted octanol–water partition coefficient (Wildman–Crippen LogP) is 5.83. The molecule has 3 aromatic rings. The first-order chi connectivity index (χ1) is 20.0. The average Bonchev–Trinajstić information content (AvgIpc) is 3.60. The molecule has 1 aliphatic heterocycles. The lowest BCUT2D eigenvalue weighted by atomic mass is 9.76. The van der Waals surface area contributed by atoms with E-state index >= 15 is 0 Å². The van der Waals surface area contributed by atoms with Crippen molar-refractivity contribution in [3.8, 4) is 22.1 Å². The molecule has 1 saturated heterocycles. The van der Waals surface area contributed by atoms with Crippen LogP contribution in [0.5, 0.6) is 11.5 Å². The molecule has 1 unspecified atom stereocenters. The van der Waals surface area contributed by atoms with Crippen molar-refractivity contribution in [3.05, 3.63) is 82.4 Å². The van der Waals surface area contributed by atoms with Crippen molar-refractivity contribution in [3.63, 3.8) is 0 Å². The maximum atomic E-state index is 11.7. The summed E-state index contributed by atoms with van der Waals surface area (Å²) in [6, 6.07) is 13.5. The number of amides is 1. The molecule has 220 valence electrons. The van der Waals surface area contributed by atoms with E-state index in [2.05, 4.69) is 30.1 Å². The number of hydrogen-bond acceptors (Lipinski definition) is 7. The number of methoxy groups -OCH3 is 2. The number of aliphatic carboxylic acids is 2. The summed E-state index contributed by atoms with van der Waals surface area (Å²) in [5, 5.41) is 19.9. The van der Waals surface area contributed by atoms with Crippen molar-refractivity contribution in [2.24, 2.45) is 5.41 Å². The number of rotatable bonds is 8. The summed E-state index contributed by atoms with van der Waals surface area (Å²) in [7, 11) is 2.97. The van der Waals surface area contributed by atoms with Gasteiger partial charge in [0, 0.05) is 41.7 Å². The number of carbonyl (C=O) groups is 3. The van der Waals surface area contributed by atoms with Crippen LogP contribution in [-0.4, -0.2) is 58.7 Å². The summed E-state index contributed by atoms with van der Waals surface area (Å²) in [4.78, 5) is 42.2. The molecule has 1 aromatic heterocycles. The Labute approximate surface area is 248 Å². The lowest BCUT2D eigenvalue weighted by Crippen LogP contribution is -2.29. The molecule has 2 N–H and O–H groups in total. The van der Waals surface area contributed by atoms with Gasteiger partial charge in [-0.25, -0.2) is 9.78 Å². The molecule has 42 heavy (non-hydrogen) atoms. The minimum Gasteiger partial charge on any atom is -0.496 e. The number of aryl methyl sites for hydroxylation is 1. The molecule has 2 aliphatic rings. The van der Waals surface area contributed by atoms with Gasteiger partial charge in [-0.3, -0.25) is 9.59 Å². The zero-order valence-electron chi connectivity index (χ0n) is 24.0. The molecule has 9 nitrogen and oxygen atoms in total. The van der Waals surface area contributed by atoms with Crippen LogP contribution in [0.3, 0.4) is 0 Å². The van der Waals surface area contributed by atoms with Crippen LogP contribution in [0.15, 0.2) is 66.4 Å². The molecule has 1 aliphatic carbocycles. The van der Waals surface area contributed by atoms with Crippen LogP contribution < -0.4 is 9.47 Å². The Balaban J connectivity index is 0.000000196. The number of thiazole rings is 1. The summed E-state index contributed by atoms with van der Waals surface area (Å²) >= 11 is 1.70. The highest BCUT2D eigenvalue weighted by atomic mass is 32.1. The Hall–Kier alpha value is -4.44.